The SMILES string of the molecule is CCOC(C)c1c(C)nc2sc3c(c2c1-c1ccc(OC)nc1)CCCC3.N#CC=O. The first-order chi connectivity index (χ1) is 15.0. The van der Waals surface area contributed by atoms with Crippen LogP contribution in [-0.4, -0.2) is 30.0 Å². The number of ether oxygens (including phenoxy) is 2. The fourth-order valence-electron chi connectivity index (χ4n) is 4.20. The highest BCUT2D eigenvalue weighted by atomic mass is 32.1. The highest BCUT2D eigenvalue weighted by molar-refractivity contribution is 7.19. The van der Waals surface area contributed by atoms with Gasteiger partial charge in [-0.2, -0.15) is 5.26 Å². The van der Waals surface area contributed by atoms with Gasteiger partial charge in [-0.15, -0.1) is 11.3 Å². The molecule has 1 aliphatic carbocycles. The molecule has 3 heterocycles. The van der Waals surface area contributed by atoms with Gasteiger partial charge in [-0.1, -0.05) is 0 Å². The van der Waals surface area contributed by atoms with Gasteiger partial charge in [0, 0.05) is 51.5 Å². The lowest BCUT2D eigenvalue weighted by molar-refractivity contribution is -0.103. The number of hydrogen-bond acceptors (Lipinski definition) is 7. The van der Waals surface area contributed by atoms with E-state index in [0.717, 1.165) is 22.5 Å². The first-order valence-electron chi connectivity index (χ1n) is 10.5. The summed E-state index contributed by atoms with van der Waals surface area (Å²) < 4.78 is 11.3. The number of nitriles is 1. The van der Waals surface area contributed by atoms with Crippen molar-refractivity contribution < 1.29 is 14.3 Å². The van der Waals surface area contributed by atoms with Crippen LogP contribution in [0, 0.1) is 18.3 Å². The van der Waals surface area contributed by atoms with Crippen molar-refractivity contribution in [3.63, 3.8) is 0 Å². The maximum absolute atomic E-state index is 8.81. The summed E-state index contributed by atoms with van der Waals surface area (Å²) in [5, 5.41) is 8.57. The lowest BCUT2D eigenvalue weighted by Gasteiger charge is -2.21. The van der Waals surface area contributed by atoms with Gasteiger partial charge >= 0.3 is 0 Å². The van der Waals surface area contributed by atoms with Crippen molar-refractivity contribution in [2.75, 3.05) is 13.7 Å². The number of fused-ring (bicyclic) bond motifs is 3. The summed E-state index contributed by atoms with van der Waals surface area (Å²) in [6.07, 6.45) is 6.93. The van der Waals surface area contributed by atoms with E-state index in [0.29, 0.717) is 12.5 Å². The molecular weight excluding hydrogens is 410 g/mol. The van der Waals surface area contributed by atoms with E-state index in [9.17, 15) is 0 Å². The zero-order chi connectivity index (χ0) is 22.4. The Morgan fingerprint density at radius 2 is 2.06 bits per heavy atom. The van der Waals surface area contributed by atoms with Crippen molar-refractivity contribution in [3.8, 4) is 23.1 Å². The van der Waals surface area contributed by atoms with Crippen LogP contribution in [0.2, 0.25) is 0 Å². The van der Waals surface area contributed by atoms with Gasteiger partial charge in [0.1, 0.15) is 10.9 Å². The van der Waals surface area contributed by atoms with E-state index >= 15 is 0 Å². The Balaban J connectivity index is 0.000000628. The molecule has 1 unspecified atom stereocenters. The first-order valence-corrected chi connectivity index (χ1v) is 11.3. The summed E-state index contributed by atoms with van der Waals surface area (Å²) in [6.45, 7) is 6.95. The maximum Gasteiger partial charge on any atom is 0.219 e. The molecule has 3 aromatic rings. The van der Waals surface area contributed by atoms with Gasteiger partial charge in [0.2, 0.25) is 12.2 Å². The number of carbonyl (C=O) groups is 1. The van der Waals surface area contributed by atoms with Crippen molar-refractivity contribution in [2.24, 2.45) is 0 Å². The molecule has 0 N–H and O–H groups in total. The fraction of sp³-hybridized carbons (Fsp3) is 0.417. The van der Waals surface area contributed by atoms with Crippen molar-refractivity contribution in [1.82, 2.24) is 9.97 Å². The second kappa shape index (κ2) is 10.5. The third-order valence-corrected chi connectivity index (χ3v) is 6.63. The summed E-state index contributed by atoms with van der Waals surface area (Å²) in [5.74, 6) is 0.632. The molecule has 0 amide bonds. The van der Waals surface area contributed by atoms with Crippen LogP contribution in [0.5, 0.6) is 5.88 Å². The van der Waals surface area contributed by atoms with Crippen LogP contribution in [-0.2, 0) is 22.4 Å². The summed E-state index contributed by atoms with van der Waals surface area (Å²) in [4.78, 5) is 20.9. The molecule has 0 aliphatic heterocycles. The Labute approximate surface area is 186 Å². The summed E-state index contributed by atoms with van der Waals surface area (Å²) >= 11 is 1.87. The molecule has 3 aromatic heterocycles. The van der Waals surface area contributed by atoms with Crippen LogP contribution in [0.15, 0.2) is 18.3 Å². The topological polar surface area (TPSA) is 85.1 Å². The van der Waals surface area contributed by atoms with Crippen molar-refractivity contribution in [2.45, 2.75) is 52.6 Å². The molecule has 0 bridgehead atoms. The minimum Gasteiger partial charge on any atom is -0.481 e. The Kier molecular flexibility index (Phi) is 7.72. The van der Waals surface area contributed by atoms with Crippen molar-refractivity contribution >= 4 is 27.8 Å². The zero-order valence-electron chi connectivity index (χ0n) is 18.4. The van der Waals surface area contributed by atoms with Gasteiger partial charge in [0.25, 0.3) is 0 Å². The smallest absolute Gasteiger partial charge is 0.219 e. The van der Waals surface area contributed by atoms with E-state index in [1.807, 2.05) is 30.5 Å². The van der Waals surface area contributed by atoms with Crippen molar-refractivity contribution in [3.05, 3.63) is 40.0 Å². The summed E-state index contributed by atoms with van der Waals surface area (Å²) in [7, 11) is 1.65. The minimum absolute atomic E-state index is 0.0110. The fourth-order valence-corrected chi connectivity index (χ4v) is 5.51. The predicted octanol–water partition coefficient (Wildman–Crippen LogP) is 5.36. The quantitative estimate of drug-likeness (QED) is 0.394. The number of rotatable bonds is 5. The van der Waals surface area contributed by atoms with Crippen LogP contribution in [0.4, 0.5) is 0 Å². The number of methoxy groups -OCH3 is 1. The lowest BCUT2D eigenvalue weighted by Crippen LogP contribution is -2.07. The number of hydrogen-bond donors (Lipinski definition) is 0. The van der Waals surface area contributed by atoms with E-state index in [4.69, 9.17) is 24.5 Å². The number of carbonyl (C=O) groups excluding carboxylic acids is 1. The molecule has 162 valence electrons. The molecular formula is C24H27N3O3S. The molecule has 1 atom stereocenters. The third kappa shape index (κ3) is 4.76. The number of aldehydes is 1. The van der Waals surface area contributed by atoms with E-state index in [2.05, 4.69) is 24.9 Å². The van der Waals surface area contributed by atoms with Crippen LogP contribution >= 0.6 is 11.3 Å². The average molecular weight is 438 g/mol. The Morgan fingerprint density at radius 1 is 1.32 bits per heavy atom. The number of pyridine rings is 2. The molecule has 7 heteroatoms. The second-order valence-electron chi connectivity index (χ2n) is 7.31. The van der Waals surface area contributed by atoms with E-state index in [1.165, 1.54) is 52.3 Å². The third-order valence-electron chi connectivity index (χ3n) is 5.44. The zero-order valence-corrected chi connectivity index (χ0v) is 19.2. The normalized spacial score (nSPS) is 13.5. The summed E-state index contributed by atoms with van der Waals surface area (Å²) in [5.41, 5.74) is 6.08. The molecule has 0 aromatic carbocycles. The standard InChI is InChI=1S/C22H26N2O2S.C2HNO/c1-5-26-14(3)19-13(2)24-22-21(16-8-6-7-9-17(16)27-22)20(19)15-10-11-18(25-4)23-12-15;3-1-2-4/h10-12,14H,5-9H2,1-4H3;2H. The van der Waals surface area contributed by atoms with Crippen LogP contribution in [0.25, 0.3) is 21.3 Å². The molecule has 0 saturated heterocycles. The monoisotopic (exact) mass is 437 g/mol. The summed E-state index contributed by atoms with van der Waals surface area (Å²) in [6, 6.07) is 5.29. The Bertz CT molecular complexity index is 1100. The van der Waals surface area contributed by atoms with Gasteiger partial charge in [0.15, 0.2) is 0 Å². The number of nitrogens with zero attached hydrogens (tertiary/aromatic N) is 3. The van der Waals surface area contributed by atoms with Gasteiger partial charge in [-0.05, 0) is 58.1 Å². The highest BCUT2D eigenvalue weighted by Crippen LogP contribution is 2.44. The van der Waals surface area contributed by atoms with E-state index < -0.39 is 0 Å². The van der Waals surface area contributed by atoms with Gasteiger partial charge < -0.3 is 9.47 Å². The van der Waals surface area contributed by atoms with Crippen molar-refractivity contribution in [1.29, 1.82) is 5.26 Å². The highest BCUT2D eigenvalue weighted by Gasteiger charge is 2.26. The molecule has 0 fully saturated rings. The van der Waals surface area contributed by atoms with Crippen LogP contribution in [0.1, 0.15) is 54.5 Å². The van der Waals surface area contributed by atoms with Crippen LogP contribution in [0.3, 0.4) is 0 Å². The molecule has 1 aliphatic rings. The van der Waals surface area contributed by atoms with Crippen LogP contribution < -0.4 is 4.74 Å². The molecule has 31 heavy (non-hydrogen) atoms. The first kappa shape index (κ1) is 22.9. The Morgan fingerprint density at radius 3 is 2.68 bits per heavy atom. The van der Waals surface area contributed by atoms with E-state index in [-0.39, 0.29) is 12.4 Å². The van der Waals surface area contributed by atoms with Gasteiger partial charge in [-0.25, -0.2) is 9.97 Å². The molecule has 0 saturated carbocycles. The molecule has 0 spiro atoms. The lowest BCUT2D eigenvalue weighted by atomic mass is 9.89. The molecule has 4 rings (SSSR count). The average Bonchev–Trinajstić information content (AvgIpc) is 3.16. The second-order valence-corrected chi connectivity index (χ2v) is 8.39. The predicted molar refractivity (Wildman–Crippen MR) is 123 cm³/mol. The van der Waals surface area contributed by atoms with Gasteiger partial charge in [-0.3, -0.25) is 4.79 Å². The number of thiophene rings is 1. The molecule has 6 nitrogen and oxygen atoms in total. The minimum atomic E-state index is -0.0110. The number of aromatic nitrogens is 2. The van der Waals surface area contributed by atoms with E-state index in [1.54, 1.807) is 7.11 Å². The largest absolute Gasteiger partial charge is 0.481 e. The number of aryl methyl sites for hydroxylation is 3. The molecule has 0 radical (unpaired) electrons. The van der Waals surface area contributed by atoms with Gasteiger partial charge in [0.05, 0.1) is 13.2 Å². The maximum atomic E-state index is 8.81. The Hall–Kier alpha value is -2.82.